The number of para-hydroxylation sites is 1. The molecule has 4 nitrogen and oxygen atoms in total. The van der Waals surface area contributed by atoms with Crippen molar-refractivity contribution < 1.29 is 9.15 Å². The largest absolute Gasteiger partial charge is 0.457 e. The van der Waals surface area contributed by atoms with Gasteiger partial charge < -0.3 is 9.15 Å². The maximum atomic E-state index is 11.9. The van der Waals surface area contributed by atoms with Gasteiger partial charge in [0.05, 0.1) is 5.52 Å². The highest BCUT2D eigenvalue weighted by molar-refractivity contribution is 7.17. The summed E-state index contributed by atoms with van der Waals surface area (Å²) in [4.78, 5) is 16.3. The number of benzene rings is 2. The Hall–Kier alpha value is -2.92. The van der Waals surface area contributed by atoms with Gasteiger partial charge in [-0.05, 0) is 41.3 Å². The summed E-state index contributed by atoms with van der Waals surface area (Å²) in [7, 11) is 0. The lowest BCUT2D eigenvalue weighted by Gasteiger charge is -2.06. The van der Waals surface area contributed by atoms with Gasteiger partial charge in [-0.1, -0.05) is 30.3 Å². The van der Waals surface area contributed by atoms with E-state index in [1.807, 2.05) is 66.0 Å². The topological polar surface area (TPSA) is 52.3 Å². The predicted octanol–water partition coefficient (Wildman–Crippen LogP) is 4.63. The van der Waals surface area contributed by atoms with E-state index >= 15 is 0 Å². The summed E-state index contributed by atoms with van der Waals surface area (Å²) in [5.41, 5.74) is 1.37. The maximum Gasteiger partial charge on any atom is 0.357 e. The molecule has 2 heterocycles. The Labute approximate surface area is 142 Å². The SMILES string of the molecule is O=c1oc(Cc2ccc(Oc3ccccc3)cc2)nc2ccsc12. The van der Waals surface area contributed by atoms with Crippen LogP contribution in [0.5, 0.6) is 11.5 Å². The normalized spacial score (nSPS) is 10.8. The Bertz CT molecular complexity index is 1020. The van der Waals surface area contributed by atoms with Gasteiger partial charge in [-0.2, -0.15) is 0 Å². The number of thiophene rings is 1. The molecule has 2 aromatic carbocycles. The van der Waals surface area contributed by atoms with Crippen molar-refractivity contribution in [2.24, 2.45) is 0 Å². The van der Waals surface area contributed by atoms with Crippen molar-refractivity contribution in [1.82, 2.24) is 4.98 Å². The molecule has 118 valence electrons. The van der Waals surface area contributed by atoms with E-state index in [9.17, 15) is 4.79 Å². The first-order valence-corrected chi connectivity index (χ1v) is 8.35. The summed E-state index contributed by atoms with van der Waals surface area (Å²) in [5, 5.41) is 1.84. The summed E-state index contributed by atoms with van der Waals surface area (Å²) < 4.78 is 11.6. The van der Waals surface area contributed by atoms with Gasteiger partial charge in [0.25, 0.3) is 0 Å². The quantitative estimate of drug-likeness (QED) is 0.545. The molecule has 0 aliphatic heterocycles. The first kappa shape index (κ1) is 14.7. The molecule has 2 aromatic heterocycles. The fourth-order valence-corrected chi connectivity index (χ4v) is 3.11. The van der Waals surface area contributed by atoms with E-state index in [2.05, 4.69) is 4.98 Å². The highest BCUT2D eigenvalue weighted by atomic mass is 32.1. The van der Waals surface area contributed by atoms with Gasteiger partial charge in [-0.15, -0.1) is 11.3 Å². The van der Waals surface area contributed by atoms with Gasteiger partial charge in [-0.3, -0.25) is 0 Å². The van der Waals surface area contributed by atoms with Gasteiger partial charge in [-0.25, -0.2) is 9.78 Å². The van der Waals surface area contributed by atoms with Gasteiger partial charge >= 0.3 is 5.63 Å². The van der Waals surface area contributed by atoms with Gasteiger partial charge in [0.1, 0.15) is 16.2 Å². The van der Waals surface area contributed by atoms with Crippen molar-refractivity contribution in [3.05, 3.63) is 87.9 Å². The molecule has 0 atom stereocenters. The fraction of sp³-hybridized carbons (Fsp3) is 0.0526. The highest BCUT2D eigenvalue weighted by Crippen LogP contribution is 2.22. The molecule has 0 amide bonds. The molecule has 0 saturated heterocycles. The molecule has 0 radical (unpaired) electrons. The molecular formula is C19H13NO3S. The van der Waals surface area contributed by atoms with E-state index in [-0.39, 0.29) is 5.63 Å². The van der Waals surface area contributed by atoms with Crippen molar-refractivity contribution in [2.45, 2.75) is 6.42 Å². The van der Waals surface area contributed by atoms with E-state index in [0.29, 0.717) is 22.5 Å². The Morgan fingerprint density at radius 1 is 0.958 bits per heavy atom. The molecule has 0 N–H and O–H groups in total. The second-order valence-corrected chi connectivity index (χ2v) is 6.18. The standard InChI is InChI=1S/C19H13NO3S/c21-19-18-16(10-11-24-18)20-17(23-19)12-13-6-8-15(9-7-13)22-14-4-2-1-3-5-14/h1-11H,12H2. The number of rotatable bonds is 4. The summed E-state index contributed by atoms with van der Waals surface area (Å²) in [6, 6.07) is 19.1. The maximum absolute atomic E-state index is 11.9. The van der Waals surface area contributed by atoms with E-state index in [0.717, 1.165) is 17.1 Å². The first-order chi connectivity index (χ1) is 11.8. The smallest absolute Gasteiger partial charge is 0.357 e. The molecule has 5 heteroatoms. The van der Waals surface area contributed by atoms with Crippen LogP contribution in [0.3, 0.4) is 0 Å². The first-order valence-electron chi connectivity index (χ1n) is 7.47. The lowest BCUT2D eigenvalue weighted by molar-refractivity contribution is 0.455. The van der Waals surface area contributed by atoms with Crippen molar-refractivity contribution in [3.63, 3.8) is 0 Å². The molecule has 0 spiro atoms. The average molecular weight is 335 g/mol. The minimum absolute atomic E-state index is 0.325. The van der Waals surface area contributed by atoms with Crippen LogP contribution in [-0.2, 0) is 6.42 Å². The average Bonchev–Trinajstić information content (AvgIpc) is 3.07. The molecule has 0 aliphatic carbocycles. The number of aromatic nitrogens is 1. The van der Waals surface area contributed by atoms with E-state index in [1.165, 1.54) is 11.3 Å². The molecule has 0 bridgehead atoms. The second kappa shape index (κ2) is 6.29. The van der Waals surface area contributed by atoms with Crippen LogP contribution in [0.4, 0.5) is 0 Å². The molecule has 0 fully saturated rings. The lowest BCUT2D eigenvalue weighted by Crippen LogP contribution is -2.03. The molecule has 0 unspecified atom stereocenters. The molecule has 24 heavy (non-hydrogen) atoms. The van der Waals surface area contributed by atoms with Crippen LogP contribution in [0.1, 0.15) is 11.5 Å². The van der Waals surface area contributed by atoms with Gasteiger partial charge in [0.2, 0.25) is 5.89 Å². The van der Waals surface area contributed by atoms with Gasteiger partial charge in [0.15, 0.2) is 0 Å². The number of nitrogens with zero attached hydrogens (tertiary/aromatic N) is 1. The van der Waals surface area contributed by atoms with Crippen LogP contribution in [0.15, 0.2) is 75.3 Å². The molecular weight excluding hydrogens is 322 g/mol. The molecule has 0 saturated carbocycles. The van der Waals surface area contributed by atoms with Crippen molar-refractivity contribution in [2.75, 3.05) is 0 Å². The van der Waals surface area contributed by atoms with Crippen LogP contribution in [0, 0.1) is 0 Å². The monoisotopic (exact) mass is 335 g/mol. The highest BCUT2D eigenvalue weighted by Gasteiger charge is 2.08. The zero-order valence-electron chi connectivity index (χ0n) is 12.6. The number of ether oxygens (including phenoxy) is 1. The summed E-state index contributed by atoms with van der Waals surface area (Å²) in [5.74, 6) is 1.97. The van der Waals surface area contributed by atoms with Crippen molar-refractivity contribution in [1.29, 1.82) is 0 Å². The number of hydrogen-bond acceptors (Lipinski definition) is 5. The molecule has 4 rings (SSSR count). The number of fused-ring (bicyclic) bond motifs is 1. The zero-order chi connectivity index (χ0) is 16.4. The molecule has 0 aliphatic rings. The summed E-state index contributed by atoms with van der Waals surface area (Å²) in [6.45, 7) is 0. The van der Waals surface area contributed by atoms with Crippen LogP contribution in [0.25, 0.3) is 10.2 Å². The predicted molar refractivity (Wildman–Crippen MR) is 93.9 cm³/mol. The summed E-state index contributed by atoms with van der Waals surface area (Å²) >= 11 is 1.35. The van der Waals surface area contributed by atoms with Crippen molar-refractivity contribution in [3.8, 4) is 11.5 Å². The zero-order valence-corrected chi connectivity index (χ0v) is 13.5. The third kappa shape index (κ3) is 3.07. The minimum atomic E-state index is -0.325. The van der Waals surface area contributed by atoms with Gasteiger partial charge in [0, 0.05) is 6.42 Å². The Kier molecular flexibility index (Phi) is 3.84. The minimum Gasteiger partial charge on any atom is -0.457 e. The Balaban J connectivity index is 1.53. The Morgan fingerprint density at radius 2 is 1.71 bits per heavy atom. The van der Waals surface area contributed by atoms with E-state index in [4.69, 9.17) is 9.15 Å². The molecule has 4 aromatic rings. The fourth-order valence-electron chi connectivity index (χ4n) is 2.40. The second-order valence-electron chi connectivity index (χ2n) is 5.27. The van der Waals surface area contributed by atoms with Crippen LogP contribution < -0.4 is 10.4 Å². The summed E-state index contributed by atoms with van der Waals surface area (Å²) in [6.07, 6.45) is 0.465. The Morgan fingerprint density at radius 3 is 2.50 bits per heavy atom. The number of hydrogen-bond donors (Lipinski definition) is 0. The van der Waals surface area contributed by atoms with Crippen molar-refractivity contribution >= 4 is 21.6 Å². The van der Waals surface area contributed by atoms with Crippen LogP contribution in [0.2, 0.25) is 0 Å². The van der Waals surface area contributed by atoms with E-state index < -0.39 is 0 Å². The van der Waals surface area contributed by atoms with Crippen LogP contribution >= 0.6 is 11.3 Å². The third-order valence-corrected chi connectivity index (χ3v) is 4.43. The third-order valence-electron chi connectivity index (χ3n) is 3.54. The van der Waals surface area contributed by atoms with E-state index in [1.54, 1.807) is 0 Å². The van der Waals surface area contributed by atoms with Crippen LogP contribution in [-0.4, -0.2) is 4.98 Å². The lowest BCUT2D eigenvalue weighted by atomic mass is 10.1.